The van der Waals surface area contributed by atoms with Crippen LogP contribution in [0.3, 0.4) is 0 Å². The molecule has 0 spiro atoms. The Balaban J connectivity index is 2.25. The van der Waals surface area contributed by atoms with E-state index in [-0.39, 0.29) is 11.2 Å². The van der Waals surface area contributed by atoms with Crippen molar-refractivity contribution < 1.29 is 4.39 Å². The molecule has 1 aliphatic rings. The van der Waals surface area contributed by atoms with Gasteiger partial charge in [-0.3, -0.25) is 0 Å². The molecule has 1 N–H and O–H groups in total. The lowest BCUT2D eigenvalue weighted by molar-refractivity contribution is 0.291. The summed E-state index contributed by atoms with van der Waals surface area (Å²) in [6.07, 6.45) is 2.36. The van der Waals surface area contributed by atoms with Gasteiger partial charge in [0.2, 0.25) is 0 Å². The van der Waals surface area contributed by atoms with E-state index in [9.17, 15) is 4.39 Å². The van der Waals surface area contributed by atoms with Crippen molar-refractivity contribution in [2.75, 3.05) is 18.0 Å². The minimum atomic E-state index is -0.0919. The molecule has 0 bridgehead atoms. The Morgan fingerprint density at radius 1 is 1.35 bits per heavy atom. The number of hydrogen-bond acceptors (Lipinski definition) is 2. The van der Waals surface area contributed by atoms with Crippen molar-refractivity contribution in [3.05, 3.63) is 29.6 Å². The van der Waals surface area contributed by atoms with Gasteiger partial charge in [-0.25, -0.2) is 4.39 Å². The summed E-state index contributed by atoms with van der Waals surface area (Å²) >= 11 is 0. The van der Waals surface area contributed by atoms with Crippen LogP contribution in [0.5, 0.6) is 0 Å². The molecular weight excluding hydrogens is 251 g/mol. The van der Waals surface area contributed by atoms with E-state index in [1.165, 1.54) is 6.42 Å². The zero-order valence-electron chi connectivity index (χ0n) is 13.2. The number of nitrogens with zero attached hydrogens (tertiary/aromatic N) is 1. The smallest absolute Gasteiger partial charge is 0.146 e. The fourth-order valence-electron chi connectivity index (χ4n) is 2.98. The van der Waals surface area contributed by atoms with Crippen LogP contribution in [-0.4, -0.2) is 19.1 Å². The van der Waals surface area contributed by atoms with Crippen LogP contribution < -0.4 is 10.2 Å². The minimum Gasteiger partial charge on any atom is -0.368 e. The second-order valence-corrected chi connectivity index (χ2v) is 6.97. The van der Waals surface area contributed by atoms with Crippen molar-refractivity contribution in [2.45, 2.75) is 53.1 Å². The van der Waals surface area contributed by atoms with Crippen LogP contribution in [-0.2, 0) is 6.54 Å². The van der Waals surface area contributed by atoms with Crippen LogP contribution in [0, 0.1) is 11.2 Å². The van der Waals surface area contributed by atoms with Gasteiger partial charge in [0.25, 0.3) is 0 Å². The highest BCUT2D eigenvalue weighted by Crippen LogP contribution is 2.34. The van der Waals surface area contributed by atoms with Crippen molar-refractivity contribution in [3.8, 4) is 0 Å². The molecule has 1 aromatic carbocycles. The van der Waals surface area contributed by atoms with Gasteiger partial charge in [-0.2, -0.15) is 0 Å². The largest absolute Gasteiger partial charge is 0.368 e. The molecule has 0 saturated carbocycles. The molecule has 2 rings (SSSR count). The van der Waals surface area contributed by atoms with E-state index < -0.39 is 0 Å². The van der Waals surface area contributed by atoms with Gasteiger partial charge >= 0.3 is 0 Å². The molecule has 0 radical (unpaired) electrons. The Labute approximate surface area is 122 Å². The number of halogens is 1. The van der Waals surface area contributed by atoms with Crippen molar-refractivity contribution in [3.63, 3.8) is 0 Å². The second-order valence-electron chi connectivity index (χ2n) is 6.97. The number of nitrogens with one attached hydrogen (secondary N) is 1. The third-order valence-corrected chi connectivity index (χ3v) is 3.99. The first-order valence-electron chi connectivity index (χ1n) is 7.65. The summed E-state index contributed by atoms with van der Waals surface area (Å²) in [5, 5.41) is 3.40. The van der Waals surface area contributed by atoms with E-state index in [1.807, 2.05) is 12.1 Å². The molecule has 1 heterocycles. The van der Waals surface area contributed by atoms with Crippen LogP contribution in [0.1, 0.15) is 46.1 Å². The van der Waals surface area contributed by atoms with Gasteiger partial charge < -0.3 is 10.2 Å². The maximum atomic E-state index is 14.3. The number of hydrogen-bond donors (Lipinski definition) is 1. The van der Waals surface area contributed by atoms with Crippen LogP contribution in [0.15, 0.2) is 18.2 Å². The molecule has 3 heteroatoms. The van der Waals surface area contributed by atoms with Crippen molar-refractivity contribution in [1.82, 2.24) is 5.32 Å². The average Bonchev–Trinajstić information content (AvgIpc) is 2.35. The van der Waals surface area contributed by atoms with Crippen LogP contribution >= 0.6 is 0 Å². The normalized spacial score (nSPS) is 18.6. The number of anilines is 1. The van der Waals surface area contributed by atoms with E-state index in [1.54, 1.807) is 6.07 Å². The van der Waals surface area contributed by atoms with Gasteiger partial charge in [0, 0.05) is 25.7 Å². The molecule has 0 unspecified atom stereocenters. The lowest BCUT2D eigenvalue weighted by Crippen LogP contribution is -2.41. The second kappa shape index (κ2) is 6.13. The summed E-state index contributed by atoms with van der Waals surface area (Å²) in [6.45, 7) is 11.4. The van der Waals surface area contributed by atoms with Crippen molar-refractivity contribution in [1.29, 1.82) is 0 Å². The minimum absolute atomic E-state index is 0.0919. The van der Waals surface area contributed by atoms with E-state index in [0.717, 1.165) is 37.3 Å². The average molecular weight is 278 g/mol. The Morgan fingerprint density at radius 3 is 2.75 bits per heavy atom. The summed E-state index contributed by atoms with van der Waals surface area (Å²) in [6, 6.07) is 5.83. The van der Waals surface area contributed by atoms with E-state index in [0.29, 0.717) is 6.04 Å². The Kier molecular flexibility index (Phi) is 4.69. The van der Waals surface area contributed by atoms with E-state index in [4.69, 9.17) is 0 Å². The van der Waals surface area contributed by atoms with Gasteiger partial charge in [-0.15, -0.1) is 0 Å². The first-order valence-corrected chi connectivity index (χ1v) is 7.65. The lowest BCUT2D eigenvalue weighted by Gasteiger charge is -2.40. The van der Waals surface area contributed by atoms with Crippen LogP contribution in [0.2, 0.25) is 0 Å². The topological polar surface area (TPSA) is 15.3 Å². The quantitative estimate of drug-likeness (QED) is 0.897. The standard InChI is InChI=1S/C17H27FN2/c1-13(2)19-11-14-7-5-8-15(18)16(14)20-10-6-9-17(3,4)12-20/h5,7-8,13,19H,6,9-12H2,1-4H3. The highest BCUT2D eigenvalue weighted by atomic mass is 19.1. The summed E-state index contributed by atoms with van der Waals surface area (Å²) in [5.41, 5.74) is 2.13. The fourth-order valence-corrected chi connectivity index (χ4v) is 2.98. The lowest BCUT2D eigenvalue weighted by atomic mass is 9.84. The molecule has 2 nitrogen and oxygen atoms in total. The zero-order chi connectivity index (χ0) is 14.8. The van der Waals surface area contributed by atoms with Crippen molar-refractivity contribution in [2.24, 2.45) is 5.41 Å². The molecule has 0 aromatic heterocycles. The Morgan fingerprint density at radius 2 is 2.10 bits per heavy atom. The summed E-state index contributed by atoms with van der Waals surface area (Å²) in [7, 11) is 0. The number of para-hydroxylation sites is 1. The maximum Gasteiger partial charge on any atom is 0.146 e. The SMILES string of the molecule is CC(C)NCc1cccc(F)c1N1CCCC(C)(C)C1. The van der Waals surface area contributed by atoms with Gasteiger partial charge in [-0.1, -0.05) is 39.8 Å². The predicted octanol–water partition coefficient (Wildman–Crippen LogP) is 3.95. The monoisotopic (exact) mass is 278 g/mol. The Bertz CT molecular complexity index is 454. The number of piperidine rings is 1. The van der Waals surface area contributed by atoms with Crippen molar-refractivity contribution >= 4 is 5.69 Å². The molecule has 1 aliphatic heterocycles. The van der Waals surface area contributed by atoms with Gasteiger partial charge in [0.05, 0.1) is 5.69 Å². The molecule has 0 atom stereocenters. The molecule has 112 valence electrons. The van der Waals surface area contributed by atoms with E-state index in [2.05, 4.69) is 37.9 Å². The van der Waals surface area contributed by atoms with Gasteiger partial charge in [0.15, 0.2) is 0 Å². The first-order chi connectivity index (χ1) is 9.39. The predicted molar refractivity (Wildman–Crippen MR) is 83.6 cm³/mol. The fraction of sp³-hybridized carbons (Fsp3) is 0.647. The first kappa shape index (κ1) is 15.3. The summed E-state index contributed by atoms with van der Waals surface area (Å²) in [5.74, 6) is -0.0919. The summed E-state index contributed by atoms with van der Waals surface area (Å²) < 4.78 is 14.3. The molecular formula is C17H27FN2. The summed E-state index contributed by atoms with van der Waals surface area (Å²) in [4.78, 5) is 2.23. The number of rotatable bonds is 4. The van der Waals surface area contributed by atoms with Crippen LogP contribution in [0.4, 0.5) is 10.1 Å². The number of benzene rings is 1. The highest BCUT2D eigenvalue weighted by molar-refractivity contribution is 5.55. The third kappa shape index (κ3) is 3.72. The van der Waals surface area contributed by atoms with Gasteiger partial charge in [-0.05, 0) is 29.9 Å². The van der Waals surface area contributed by atoms with Gasteiger partial charge in [0.1, 0.15) is 5.82 Å². The molecule has 20 heavy (non-hydrogen) atoms. The highest BCUT2D eigenvalue weighted by Gasteiger charge is 2.28. The molecule has 1 aromatic rings. The van der Waals surface area contributed by atoms with Crippen LogP contribution in [0.25, 0.3) is 0 Å². The molecule has 0 amide bonds. The maximum absolute atomic E-state index is 14.3. The zero-order valence-corrected chi connectivity index (χ0v) is 13.2. The molecule has 0 aliphatic carbocycles. The molecule has 1 saturated heterocycles. The Hall–Kier alpha value is -1.09. The third-order valence-electron chi connectivity index (χ3n) is 3.99. The van der Waals surface area contributed by atoms with E-state index >= 15 is 0 Å². The molecule has 1 fully saturated rings.